The summed E-state index contributed by atoms with van der Waals surface area (Å²) in [6.07, 6.45) is 0. The van der Waals surface area contributed by atoms with Crippen LogP contribution in [0.1, 0.15) is 17.3 Å². The lowest BCUT2D eigenvalue weighted by atomic mass is 10.1. The van der Waals surface area contributed by atoms with Crippen molar-refractivity contribution in [1.82, 2.24) is 9.78 Å². The van der Waals surface area contributed by atoms with Gasteiger partial charge < -0.3 is 5.73 Å². The molecule has 0 aliphatic rings. The Morgan fingerprint density at radius 3 is 2.79 bits per heavy atom. The van der Waals surface area contributed by atoms with Crippen LogP contribution in [0, 0.1) is 18.6 Å². The molecule has 0 amide bonds. The molecule has 0 radical (unpaired) electrons. The summed E-state index contributed by atoms with van der Waals surface area (Å²) in [7, 11) is 0. The number of rotatable bonds is 3. The molecule has 2 N–H and O–H groups in total. The van der Waals surface area contributed by atoms with Crippen molar-refractivity contribution >= 4 is 0 Å². The lowest BCUT2D eigenvalue weighted by molar-refractivity contribution is 0.455. The van der Waals surface area contributed by atoms with Crippen molar-refractivity contribution in [2.75, 3.05) is 0 Å². The predicted octanol–water partition coefficient (Wildman–Crippen LogP) is 1.53. The van der Waals surface area contributed by atoms with E-state index in [0.717, 1.165) is 10.7 Å². The molecule has 4 nitrogen and oxygen atoms in total. The molecule has 0 aliphatic carbocycles. The van der Waals surface area contributed by atoms with E-state index in [1.54, 1.807) is 13.0 Å². The molecular weight excluding hydrogens is 252 g/mol. The first-order valence-electron chi connectivity index (χ1n) is 5.73. The second-order valence-corrected chi connectivity index (χ2v) is 4.24. The molecular formula is C13H13F2N3O. The minimum Gasteiger partial charge on any atom is -0.322 e. The van der Waals surface area contributed by atoms with Crippen LogP contribution in [-0.4, -0.2) is 9.78 Å². The van der Waals surface area contributed by atoms with Gasteiger partial charge in [-0.05, 0) is 19.1 Å². The third kappa shape index (κ3) is 2.85. The molecule has 1 heterocycles. The molecule has 0 fully saturated rings. The Bertz CT molecular complexity index is 655. The first-order chi connectivity index (χ1) is 8.99. The molecule has 0 spiro atoms. The first kappa shape index (κ1) is 13.4. The molecule has 2 aromatic rings. The van der Waals surface area contributed by atoms with Crippen molar-refractivity contribution in [2.24, 2.45) is 5.73 Å². The Labute approximate surface area is 108 Å². The molecule has 0 bridgehead atoms. The van der Waals surface area contributed by atoms with E-state index < -0.39 is 17.7 Å². The van der Waals surface area contributed by atoms with E-state index in [4.69, 9.17) is 5.73 Å². The summed E-state index contributed by atoms with van der Waals surface area (Å²) < 4.78 is 27.8. The molecule has 19 heavy (non-hydrogen) atoms. The Morgan fingerprint density at radius 2 is 2.05 bits per heavy atom. The Hall–Kier alpha value is -2.08. The molecule has 0 aliphatic heterocycles. The van der Waals surface area contributed by atoms with Crippen LogP contribution in [0.25, 0.3) is 0 Å². The van der Waals surface area contributed by atoms with Gasteiger partial charge in [-0.25, -0.2) is 13.5 Å². The molecule has 1 unspecified atom stereocenters. The monoisotopic (exact) mass is 265 g/mol. The maximum absolute atomic E-state index is 13.6. The average Bonchev–Trinajstić information content (AvgIpc) is 2.37. The SMILES string of the molecule is Cc1ccc(=O)n(CC(N)c2cccc(F)c2F)n1. The van der Waals surface area contributed by atoms with E-state index in [0.29, 0.717) is 5.69 Å². The number of nitrogens with two attached hydrogens (primary N) is 1. The second-order valence-electron chi connectivity index (χ2n) is 4.24. The van der Waals surface area contributed by atoms with Gasteiger partial charge in [0.25, 0.3) is 5.56 Å². The van der Waals surface area contributed by atoms with Gasteiger partial charge in [-0.15, -0.1) is 0 Å². The fourth-order valence-electron chi connectivity index (χ4n) is 1.77. The van der Waals surface area contributed by atoms with Gasteiger partial charge in [0.15, 0.2) is 11.6 Å². The van der Waals surface area contributed by atoms with Crippen molar-refractivity contribution in [1.29, 1.82) is 0 Å². The van der Waals surface area contributed by atoms with Gasteiger partial charge in [0.05, 0.1) is 18.3 Å². The van der Waals surface area contributed by atoms with Crippen LogP contribution in [0.5, 0.6) is 0 Å². The van der Waals surface area contributed by atoms with Crippen LogP contribution >= 0.6 is 0 Å². The summed E-state index contributed by atoms with van der Waals surface area (Å²) in [6, 6.07) is 5.87. The third-order valence-electron chi connectivity index (χ3n) is 2.75. The molecule has 2 rings (SSSR count). The van der Waals surface area contributed by atoms with Crippen LogP contribution in [-0.2, 0) is 6.54 Å². The van der Waals surface area contributed by atoms with Gasteiger partial charge in [0.2, 0.25) is 0 Å². The number of benzene rings is 1. The van der Waals surface area contributed by atoms with Crippen LogP contribution < -0.4 is 11.3 Å². The summed E-state index contributed by atoms with van der Waals surface area (Å²) in [5.74, 6) is -1.95. The average molecular weight is 265 g/mol. The van der Waals surface area contributed by atoms with Crippen molar-refractivity contribution in [3.63, 3.8) is 0 Å². The van der Waals surface area contributed by atoms with Crippen molar-refractivity contribution in [2.45, 2.75) is 19.5 Å². The molecule has 0 saturated carbocycles. The fourth-order valence-corrected chi connectivity index (χ4v) is 1.77. The van der Waals surface area contributed by atoms with Gasteiger partial charge in [-0.3, -0.25) is 4.79 Å². The zero-order valence-corrected chi connectivity index (χ0v) is 10.3. The van der Waals surface area contributed by atoms with Gasteiger partial charge >= 0.3 is 0 Å². The van der Waals surface area contributed by atoms with E-state index >= 15 is 0 Å². The maximum atomic E-state index is 13.6. The summed E-state index contributed by atoms with van der Waals surface area (Å²) in [5, 5.41) is 4.00. The number of aryl methyl sites for hydroxylation is 1. The van der Waals surface area contributed by atoms with E-state index in [2.05, 4.69) is 5.10 Å². The van der Waals surface area contributed by atoms with Crippen LogP contribution in [0.2, 0.25) is 0 Å². The van der Waals surface area contributed by atoms with Crippen LogP contribution in [0.15, 0.2) is 35.1 Å². The number of hydrogen-bond donors (Lipinski definition) is 1. The van der Waals surface area contributed by atoms with E-state index in [-0.39, 0.29) is 17.7 Å². The predicted molar refractivity (Wildman–Crippen MR) is 66.5 cm³/mol. The minimum atomic E-state index is -0.990. The Morgan fingerprint density at radius 1 is 1.32 bits per heavy atom. The smallest absolute Gasteiger partial charge is 0.266 e. The summed E-state index contributed by atoms with van der Waals surface area (Å²) in [4.78, 5) is 11.6. The highest BCUT2D eigenvalue weighted by molar-refractivity contribution is 5.22. The summed E-state index contributed by atoms with van der Waals surface area (Å²) in [6.45, 7) is 1.71. The standard InChI is InChI=1S/C13H13F2N3O/c1-8-5-6-12(19)18(17-8)7-11(16)9-3-2-4-10(14)13(9)15/h2-6,11H,7,16H2,1H3. The fraction of sp³-hybridized carbons (Fsp3) is 0.231. The number of hydrogen-bond acceptors (Lipinski definition) is 3. The second kappa shape index (κ2) is 5.27. The summed E-state index contributed by atoms with van der Waals surface area (Å²) >= 11 is 0. The van der Waals surface area contributed by atoms with E-state index in [9.17, 15) is 13.6 Å². The highest BCUT2D eigenvalue weighted by Gasteiger charge is 2.16. The maximum Gasteiger partial charge on any atom is 0.266 e. The molecule has 1 atom stereocenters. The summed E-state index contributed by atoms with van der Waals surface area (Å²) in [5.41, 5.74) is 6.14. The number of nitrogens with zero attached hydrogens (tertiary/aromatic N) is 2. The van der Waals surface area contributed by atoms with Crippen LogP contribution in [0.4, 0.5) is 8.78 Å². The van der Waals surface area contributed by atoms with Gasteiger partial charge in [-0.1, -0.05) is 12.1 Å². The van der Waals surface area contributed by atoms with Gasteiger partial charge in [-0.2, -0.15) is 5.10 Å². The molecule has 100 valence electrons. The van der Waals surface area contributed by atoms with Crippen LogP contribution in [0.3, 0.4) is 0 Å². The number of halogens is 2. The highest BCUT2D eigenvalue weighted by atomic mass is 19.2. The Kier molecular flexibility index (Phi) is 3.71. The van der Waals surface area contributed by atoms with Crippen molar-refractivity contribution < 1.29 is 8.78 Å². The molecule has 0 saturated heterocycles. The lowest BCUT2D eigenvalue weighted by Gasteiger charge is -2.14. The lowest BCUT2D eigenvalue weighted by Crippen LogP contribution is -2.29. The van der Waals surface area contributed by atoms with E-state index in [1.165, 1.54) is 18.2 Å². The minimum absolute atomic E-state index is 0.0130. The zero-order chi connectivity index (χ0) is 14.0. The highest BCUT2D eigenvalue weighted by Crippen LogP contribution is 2.18. The topological polar surface area (TPSA) is 60.9 Å². The third-order valence-corrected chi connectivity index (χ3v) is 2.75. The normalized spacial score (nSPS) is 12.4. The molecule has 1 aromatic heterocycles. The largest absolute Gasteiger partial charge is 0.322 e. The zero-order valence-electron chi connectivity index (χ0n) is 10.3. The quantitative estimate of drug-likeness (QED) is 0.915. The van der Waals surface area contributed by atoms with Crippen molar-refractivity contribution in [3.8, 4) is 0 Å². The first-order valence-corrected chi connectivity index (χ1v) is 5.73. The molecule has 1 aromatic carbocycles. The van der Waals surface area contributed by atoms with Crippen molar-refractivity contribution in [3.05, 3.63) is 63.6 Å². The van der Waals surface area contributed by atoms with Gasteiger partial charge in [0.1, 0.15) is 0 Å². The van der Waals surface area contributed by atoms with E-state index in [1.807, 2.05) is 0 Å². The Balaban J connectivity index is 2.30. The molecule has 6 heteroatoms. The van der Waals surface area contributed by atoms with Gasteiger partial charge in [0, 0.05) is 11.6 Å². The number of aromatic nitrogens is 2.